The molecule has 1 N–H and O–H groups in total. The molecule has 1 saturated heterocycles. The molecule has 156 valence electrons. The third-order valence-corrected chi connectivity index (χ3v) is 5.79. The zero-order chi connectivity index (χ0) is 21.2. The summed E-state index contributed by atoms with van der Waals surface area (Å²) < 4.78 is 66.4. The van der Waals surface area contributed by atoms with E-state index in [1.807, 2.05) is 0 Å². The van der Waals surface area contributed by atoms with Gasteiger partial charge in [-0.3, -0.25) is 10.1 Å². The third-order valence-electron chi connectivity index (χ3n) is 4.30. The molecule has 2 aromatic rings. The van der Waals surface area contributed by atoms with E-state index in [0.717, 1.165) is 24.8 Å². The highest BCUT2D eigenvalue weighted by molar-refractivity contribution is 7.92. The first-order valence-electron chi connectivity index (χ1n) is 8.39. The van der Waals surface area contributed by atoms with Crippen molar-refractivity contribution in [2.24, 2.45) is 0 Å². The fraction of sp³-hybridized carbons (Fsp3) is 0.294. The minimum absolute atomic E-state index is 0.129. The second kappa shape index (κ2) is 7.87. The molecule has 0 radical (unpaired) electrons. The van der Waals surface area contributed by atoms with Crippen LogP contribution in [0.3, 0.4) is 0 Å². The monoisotopic (exact) mass is 431 g/mol. The molecule has 0 aliphatic carbocycles. The molecule has 3 rings (SSSR count). The Bertz CT molecular complexity index is 1000. The molecule has 1 aliphatic rings. The molecule has 0 unspecified atom stereocenters. The van der Waals surface area contributed by atoms with Crippen LogP contribution < -0.4 is 10.2 Å². The van der Waals surface area contributed by atoms with Gasteiger partial charge in [0.2, 0.25) is 0 Å². The number of hydrogen-bond acceptors (Lipinski definition) is 7. The van der Waals surface area contributed by atoms with Crippen molar-refractivity contribution < 1.29 is 31.2 Å². The van der Waals surface area contributed by atoms with Gasteiger partial charge >= 0.3 is 5.51 Å². The first-order valence-corrected chi connectivity index (χ1v) is 9.87. The molecule has 2 aromatic carbocycles. The molecular formula is C17H16F3N3O5S. The van der Waals surface area contributed by atoms with Gasteiger partial charge in [0.05, 0.1) is 23.0 Å². The highest BCUT2D eigenvalue weighted by atomic mass is 32.2. The van der Waals surface area contributed by atoms with E-state index >= 15 is 0 Å². The Hall–Kier alpha value is -2.86. The Kier molecular flexibility index (Phi) is 5.66. The van der Waals surface area contributed by atoms with Gasteiger partial charge in [-0.25, -0.2) is 8.42 Å². The fourth-order valence-corrected chi connectivity index (χ4v) is 3.58. The topological polar surface area (TPSA) is 102 Å². The number of nitro groups is 1. The lowest BCUT2D eigenvalue weighted by molar-refractivity contribution is -0.384. The smallest absolute Gasteiger partial charge is 0.378 e. The van der Waals surface area contributed by atoms with Crippen LogP contribution in [0.25, 0.3) is 0 Å². The molecule has 1 aliphatic heterocycles. The van der Waals surface area contributed by atoms with E-state index in [9.17, 15) is 31.7 Å². The minimum Gasteiger partial charge on any atom is -0.378 e. The number of anilines is 3. The number of morpholine rings is 1. The van der Waals surface area contributed by atoms with E-state index in [-0.39, 0.29) is 5.69 Å². The van der Waals surface area contributed by atoms with Gasteiger partial charge < -0.3 is 15.0 Å². The van der Waals surface area contributed by atoms with Gasteiger partial charge in [0.15, 0.2) is 0 Å². The highest BCUT2D eigenvalue weighted by Gasteiger charge is 2.47. The average Bonchev–Trinajstić information content (AvgIpc) is 2.68. The van der Waals surface area contributed by atoms with Gasteiger partial charge in [0.25, 0.3) is 15.5 Å². The number of sulfone groups is 1. The van der Waals surface area contributed by atoms with E-state index in [1.54, 1.807) is 24.3 Å². The molecule has 0 bridgehead atoms. The summed E-state index contributed by atoms with van der Waals surface area (Å²) in [6, 6.07) is 8.92. The number of nitrogens with zero attached hydrogens (tertiary/aromatic N) is 2. The van der Waals surface area contributed by atoms with Gasteiger partial charge in [-0.05, 0) is 36.4 Å². The van der Waals surface area contributed by atoms with Gasteiger partial charge in [0.1, 0.15) is 5.69 Å². The normalized spacial score (nSPS) is 15.2. The molecule has 1 heterocycles. The molecule has 8 nitrogen and oxygen atoms in total. The number of nitrogens with one attached hydrogen (secondary N) is 1. The molecule has 0 saturated carbocycles. The van der Waals surface area contributed by atoms with Gasteiger partial charge in [0, 0.05) is 30.5 Å². The Labute approximate surface area is 164 Å². The Morgan fingerprint density at radius 2 is 1.69 bits per heavy atom. The molecule has 29 heavy (non-hydrogen) atoms. The molecule has 0 spiro atoms. The second-order valence-corrected chi connectivity index (χ2v) is 8.10. The van der Waals surface area contributed by atoms with Crippen molar-refractivity contribution in [2.45, 2.75) is 10.4 Å². The standard InChI is InChI=1S/C17H16F3N3O5S/c18-17(19,20)29(26,27)14-5-6-15(16(11-14)23(24)25)21-12-1-3-13(4-2-12)22-7-9-28-10-8-22/h1-6,11,21H,7-10H2. The minimum atomic E-state index is -5.69. The van der Waals surface area contributed by atoms with Crippen LogP contribution in [0.2, 0.25) is 0 Å². The predicted molar refractivity (Wildman–Crippen MR) is 99.1 cm³/mol. The van der Waals surface area contributed by atoms with Crippen molar-refractivity contribution in [1.82, 2.24) is 0 Å². The fourth-order valence-electron chi connectivity index (χ4n) is 2.80. The van der Waals surface area contributed by atoms with Crippen LogP contribution >= 0.6 is 0 Å². The molecular weight excluding hydrogens is 415 g/mol. The maximum atomic E-state index is 12.7. The molecule has 1 fully saturated rings. The van der Waals surface area contributed by atoms with Crippen LogP contribution in [0.1, 0.15) is 0 Å². The van der Waals surface area contributed by atoms with Crippen molar-refractivity contribution in [3.05, 3.63) is 52.6 Å². The Morgan fingerprint density at radius 3 is 2.24 bits per heavy atom. The van der Waals surface area contributed by atoms with Crippen molar-refractivity contribution in [3.8, 4) is 0 Å². The zero-order valence-electron chi connectivity index (χ0n) is 14.8. The summed E-state index contributed by atoms with van der Waals surface area (Å²) in [5.41, 5.74) is -5.08. The van der Waals surface area contributed by atoms with Gasteiger partial charge in [-0.1, -0.05) is 0 Å². The molecule has 12 heteroatoms. The average molecular weight is 431 g/mol. The lowest BCUT2D eigenvalue weighted by Crippen LogP contribution is -2.36. The summed E-state index contributed by atoms with van der Waals surface area (Å²) >= 11 is 0. The summed E-state index contributed by atoms with van der Waals surface area (Å²) in [6.45, 7) is 2.68. The lowest BCUT2D eigenvalue weighted by Gasteiger charge is -2.28. The van der Waals surface area contributed by atoms with Gasteiger partial charge in [-0.15, -0.1) is 0 Å². The maximum absolute atomic E-state index is 12.7. The SMILES string of the molecule is O=[N+]([O-])c1cc(S(=O)(=O)C(F)(F)F)ccc1Nc1ccc(N2CCOCC2)cc1. The van der Waals surface area contributed by atoms with E-state index < -0.39 is 30.9 Å². The van der Waals surface area contributed by atoms with Crippen LogP contribution in [-0.4, -0.2) is 45.2 Å². The van der Waals surface area contributed by atoms with Crippen LogP contribution in [-0.2, 0) is 14.6 Å². The summed E-state index contributed by atoms with van der Waals surface area (Å²) in [6.07, 6.45) is 0. The van der Waals surface area contributed by atoms with Crippen molar-refractivity contribution in [1.29, 1.82) is 0 Å². The summed E-state index contributed by atoms with van der Waals surface area (Å²) in [7, 11) is -5.69. The van der Waals surface area contributed by atoms with E-state index in [0.29, 0.717) is 31.0 Å². The van der Waals surface area contributed by atoms with E-state index in [1.165, 1.54) is 0 Å². The first-order chi connectivity index (χ1) is 13.6. The second-order valence-electron chi connectivity index (χ2n) is 6.16. The Morgan fingerprint density at radius 1 is 1.07 bits per heavy atom. The van der Waals surface area contributed by atoms with Crippen LogP contribution in [0, 0.1) is 10.1 Å². The first kappa shape index (κ1) is 20.9. The number of benzene rings is 2. The number of nitro benzene ring substituents is 1. The van der Waals surface area contributed by atoms with Crippen LogP contribution in [0.4, 0.5) is 35.9 Å². The molecule has 0 amide bonds. The van der Waals surface area contributed by atoms with Crippen LogP contribution in [0.5, 0.6) is 0 Å². The quantitative estimate of drug-likeness (QED) is 0.571. The zero-order valence-corrected chi connectivity index (χ0v) is 15.7. The molecule has 0 atom stereocenters. The maximum Gasteiger partial charge on any atom is 0.501 e. The number of halogens is 3. The third kappa shape index (κ3) is 4.43. The van der Waals surface area contributed by atoms with Crippen molar-refractivity contribution in [2.75, 3.05) is 36.5 Å². The van der Waals surface area contributed by atoms with Gasteiger partial charge in [-0.2, -0.15) is 13.2 Å². The Balaban J connectivity index is 1.86. The van der Waals surface area contributed by atoms with Crippen molar-refractivity contribution in [3.63, 3.8) is 0 Å². The number of rotatable bonds is 5. The van der Waals surface area contributed by atoms with Crippen LogP contribution in [0.15, 0.2) is 47.4 Å². The summed E-state index contributed by atoms with van der Waals surface area (Å²) in [4.78, 5) is 11.2. The van der Waals surface area contributed by atoms with E-state index in [4.69, 9.17) is 4.74 Å². The number of ether oxygens (including phenoxy) is 1. The predicted octanol–water partition coefficient (Wildman–Crippen LogP) is 3.47. The lowest BCUT2D eigenvalue weighted by atomic mass is 10.2. The molecule has 0 aromatic heterocycles. The highest BCUT2D eigenvalue weighted by Crippen LogP contribution is 2.35. The van der Waals surface area contributed by atoms with E-state index in [2.05, 4.69) is 10.2 Å². The largest absolute Gasteiger partial charge is 0.501 e. The summed E-state index contributed by atoms with van der Waals surface area (Å²) in [5, 5.41) is 14.0. The number of alkyl halides is 3. The van der Waals surface area contributed by atoms with Crippen molar-refractivity contribution >= 4 is 32.6 Å². The number of hydrogen-bond donors (Lipinski definition) is 1. The summed E-state index contributed by atoms with van der Waals surface area (Å²) in [5.74, 6) is 0.